The molecule has 0 fully saturated rings. The Morgan fingerprint density at radius 2 is 2.23 bits per heavy atom. The first-order valence-corrected chi connectivity index (χ1v) is 4.92. The lowest BCUT2D eigenvalue weighted by Gasteiger charge is -2.11. The molecule has 0 aliphatic heterocycles. The molecule has 0 aliphatic carbocycles. The molecular weight excluding hydrogens is 182 g/mol. The van der Waals surface area contributed by atoms with Gasteiger partial charge in [0.15, 0.2) is 5.78 Å². The predicted molar refractivity (Wildman–Crippen MR) is 56.1 cm³/mol. The molecule has 1 aromatic rings. The Balaban J connectivity index is 2.76. The highest BCUT2D eigenvalue weighted by atomic mass is 32.1. The highest BCUT2D eigenvalue weighted by molar-refractivity contribution is 7.12. The number of rotatable bonds is 3. The number of nitrogens with zero attached hydrogens (tertiary/aromatic N) is 1. The minimum atomic E-state index is 0.0844. The summed E-state index contributed by atoms with van der Waals surface area (Å²) in [6, 6.07) is 3.73. The third-order valence-corrected chi connectivity index (χ3v) is 2.69. The van der Waals surface area contributed by atoms with Gasteiger partial charge in [0.2, 0.25) is 0 Å². The van der Waals surface area contributed by atoms with E-state index >= 15 is 0 Å². The zero-order chi connectivity index (χ0) is 9.84. The van der Waals surface area contributed by atoms with Gasteiger partial charge in [-0.3, -0.25) is 4.79 Å². The molecule has 0 spiro atoms. The molecule has 0 aliphatic rings. The predicted octanol–water partition coefficient (Wildman–Crippen LogP) is 2.40. The van der Waals surface area contributed by atoms with Crippen LogP contribution in [0.5, 0.6) is 0 Å². The average Bonchev–Trinajstić information content (AvgIpc) is 2.55. The average molecular weight is 195 g/mol. The first kappa shape index (κ1) is 9.99. The third-order valence-electron chi connectivity index (χ3n) is 1.81. The SMILES string of the molecule is C/C(=C\C(=O)c1cccs1)N(C)C. The van der Waals surface area contributed by atoms with E-state index in [9.17, 15) is 4.79 Å². The van der Waals surface area contributed by atoms with E-state index in [1.165, 1.54) is 11.3 Å². The maximum absolute atomic E-state index is 11.5. The normalized spacial score (nSPS) is 11.5. The molecule has 0 saturated carbocycles. The molecule has 1 heterocycles. The van der Waals surface area contributed by atoms with E-state index in [1.807, 2.05) is 43.4 Å². The molecule has 1 aromatic heterocycles. The van der Waals surface area contributed by atoms with Gasteiger partial charge in [0.25, 0.3) is 0 Å². The highest BCUT2D eigenvalue weighted by Gasteiger charge is 2.03. The molecule has 2 nitrogen and oxygen atoms in total. The fraction of sp³-hybridized carbons (Fsp3) is 0.300. The molecule has 3 heteroatoms. The number of hydrogen-bond acceptors (Lipinski definition) is 3. The number of ketones is 1. The van der Waals surface area contributed by atoms with Crippen LogP contribution in [0.15, 0.2) is 29.3 Å². The highest BCUT2D eigenvalue weighted by Crippen LogP contribution is 2.11. The molecule has 0 unspecified atom stereocenters. The number of hydrogen-bond donors (Lipinski definition) is 0. The number of thiophene rings is 1. The van der Waals surface area contributed by atoms with E-state index < -0.39 is 0 Å². The van der Waals surface area contributed by atoms with Gasteiger partial charge >= 0.3 is 0 Å². The standard InChI is InChI=1S/C10H13NOS/c1-8(11(2)3)7-9(12)10-5-4-6-13-10/h4-7H,1-3H3/b8-7+. The Kier molecular flexibility index (Phi) is 3.25. The van der Waals surface area contributed by atoms with Crippen LogP contribution in [0.25, 0.3) is 0 Å². The molecule has 0 bridgehead atoms. The Hall–Kier alpha value is -1.09. The molecule has 0 N–H and O–H groups in total. The third kappa shape index (κ3) is 2.70. The maximum Gasteiger partial charge on any atom is 0.197 e. The Labute approximate surface area is 82.5 Å². The number of carbonyl (C=O) groups excluding carboxylic acids is 1. The number of carbonyl (C=O) groups is 1. The van der Waals surface area contributed by atoms with Crippen molar-refractivity contribution in [3.8, 4) is 0 Å². The fourth-order valence-corrected chi connectivity index (χ4v) is 1.44. The second-order valence-electron chi connectivity index (χ2n) is 3.02. The summed E-state index contributed by atoms with van der Waals surface area (Å²) in [5, 5.41) is 1.91. The van der Waals surface area contributed by atoms with Gasteiger partial charge in [0.05, 0.1) is 4.88 Å². The van der Waals surface area contributed by atoms with Crippen molar-refractivity contribution in [2.75, 3.05) is 14.1 Å². The number of allylic oxidation sites excluding steroid dienone is 2. The van der Waals surface area contributed by atoms with Crippen LogP contribution in [0, 0.1) is 0 Å². The molecule has 0 amide bonds. The minimum absolute atomic E-state index is 0.0844. The van der Waals surface area contributed by atoms with Gasteiger partial charge in [-0.25, -0.2) is 0 Å². The van der Waals surface area contributed by atoms with E-state index in [0.29, 0.717) is 0 Å². The van der Waals surface area contributed by atoms with E-state index in [2.05, 4.69) is 0 Å². The van der Waals surface area contributed by atoms with Crippen LogP contribution >= 0.6 is 11.3 Å². The molecule has 0 saturated heterocycles. The molecule has 1 rings (SSSR count). The largest absolute Gasteiger partial charge is 0.381 e. The Morgan fingerprint density at radius 3 is 2.69 bits per heavy atom. The van der Waals surface area contributed by atoms with Crippen molar-refractivity contribution in [1.82, 2.24) is 4.90 Å². The summed E-state index contributed by atoms with van der Waals surface area (Å²) in [5.74, 6) is 0.0844. The van der Waals surface area contributed by atoms with Crippen molar-refractivity contribution in [2.24, 2.45) is 0 Å². The lowest BCUT2D eigenvalue weighted by Crippen LogP contribution is -2.09. The van der Waals surface area contributed by atoms with E-state index in [-0.39, 0.29) is 5.78 Å². The van der Waals surface area contributed by atoms with E-state index in [0.717, 1.165) is 10.6 Å². The summed E-state index contributed by atoms with van der Waals surface area (Å²) in [6.45, 7) is 1.92. The second kappa shape index (κ2) is 4.23. The molecule has 0 atom stereocenters. The zero-order valence-electron chi connectivity index (χ0n) is 8.07. The van der Waals surface area contributed by atoms with Crippen molar-refractivity contribution in [1.29, 1.82) is 0 Å². The summed E-state index contributed by atoms with van der Waals surface area (Å²) >= 11 is 1.47. The van der Waals surface area contributed by atoms with Crippen molar-refractivity contribution in [3.05, 3.63) is 34.2 Å². The smallest absolute Gasteiger partial charge is 0.197 e. The van der Waals surface area contributed by atoms with E-state index in [1.54, 1.807) is 6.08 Å². The van der Waals surface area contributed by atoms with Gasteiger partial charge in [-0.05, 0) is 18.4 Å². The van der Waals surface area contributed by atoms with Crippen LogP contribution in [0.2, 0.25) is 0 Å². The summed E-state index contributed by atoms with van der Waals surface area (Å²) in [5.41, 5.74) is 0.971. The van der Waals surface area contributed by atoms with Gasteiger partial charge < -0.3 is 4.90 Å². The summed E-state index contributed by atoms with van der Waals surface area (Å²) in [6.07, 6.45) is 1.66. The maximum atomic E-state index is 11.5. The Bertz CT molecular complexity index is 312. The quantitative estimate of drug-likeness (QED) is 0.545. The van der Waals surface area contributed by atoms with Gasteiger partial charge in [-0.2, -0.15) is 0 Å². The van der Waals surface area contributed by atoms with Gasteiger partial charge in [-0.1, -0.05) is 6.07 Å². The first-order valence-electron chi connectivity index (χ1n) is 4.04. The van der Waals surface area contributed by atoms with Crippen LogP contribution < -0.4 is 0 Å². The second-order valence-corrected chi connectivity index (χ2v) is 3.97. The van der Waals surface area contributed by atoms with Gasteiger partial charge in [0.1, 0.15) is 0 Å². The van der Waals surface area contributed by atoms with Crippen molar-refractivity contribution >= 4 is 17.1 Å². The summed E-state index contributed by atoms with van der Waals surface area (Å²) in [7, 11) is 3.85. The van der Waals surface area contributed by atoms with Crippen molar-refractivity contribution in [2.45, 2.75) is 6.92 Å². The lowest BCUT2D eigenvalue weighted by atomic mass is 10.2. The Morgan fingerprint density at radius 1 is 1.54 bits per heavy atom. The topological polar surface area (TPSA) is 20.3 Å². The first-order chi connectivity index (χ1) is 6.11. The van der Waals surface area contributed by atoms with Gasteiger partial charge in [-0.15, -0.1) is 11.3 Å². The van der Waals surface area contributed by atoms with Crippen LogP contribution in [0.3, 0.4) is 0 Å². The van der Waals surface area contributed by atoms with Gasteiger partial charge in [0, 0.05) is 25.9 Å². The molecular formula is C10H13NOS. The van der Waals surface area contributed by atoms with Crippen LogP contribution in [-0.2, 0) is 0 Å². The zero-order valence-corrected chi connectivity index (χ0v) is 8.89. The molecule has 0 radical (unpaired) electrons. The molecule has 0 aromatic carbocycles. The minimum Gasteiger partial charge on any atom is -0.381 e. The monoisotopic (exact) mass is 195 g/mol. The van der Waals surface area contributed by atoms with Crippen LogP contribution in [0.4, 0.5) is 0 Å². The van der Waals surface area contributed by atoms with Crippen molar-refractivity contribution in [3.63, 3.8) is 0 Å². The molecule has 70 valence electrons. The molecule has 13 heavy (non-hydrogen) atoms. The summed E-state index contributed by atoms with van der Waals surface area (Å²) < 4.78 is 0. The fourth-order valence-electron chi connectivity index (χ4n) is 0.809. The van der Waals surface area contributed by atoms with E-state index in [4.69, 9.17) is 0 Å². The summed E-state index contributed by atoms with van der Waals surface area (Å²) in [4.78, 5) is 14.2. The lowest BCUT2D eigenvalue weighted by molar-refractivity contribution is 0.104. The van der Waals surface area contributed by atoms with Crippen molar-refractivity contribution < 1.29 is 4.79 Å². The van der Waals surface area contributed by atoms with Crippen LogP contribution in [0.1, 0.15) is 16.6 Å². The van der Waals surface area contributed by atoms with Crippen LogP contribution in [-0.4, -0.2) is 24.8 Å².